The molecule has 26 heavy (non-hydrogen) atoms. The third kappa shape index (κ3) is 4.45. The summed E-state index contributed by atoms with van der Waals surface area (Å²) >= 11 is 1.71. The molecule has 1 saturated heterocycles. The van der Waals surface area contributed by atoms with Crippen molar-refractivity contribution < 1.29 is 13.8 Å². The number of carbonyl (C=O) groups is 1. The van der Waals surface area contributed by atoms with Crippen molar-refractivity contribution in [2.45, 2.75) is 33.2 Å². The summed E-state index contributed by atoms with van der Waals surface area (Å²) in [6.45, 7) is 7.60. The maximum absolute atomic E-state index is 12.2. The summed E-state index contributed by atoms with van der Waals surface area (Å²) in [5.74, 6) is 2.89. The van der Waals surface area contributed by atoms with E-state index in [4.69, 9.17) is 9.05 Å². The summed E-state index contributed by atoms with van der Waals surface area (Å²) in [6, 6.07) is 0. The summed E-state index contributed by atoms with van der Waals surface area (Å²) in [5, 5.41) is 8.02. The maximum Gasteiger partial charge on any atom is 0.263 e. The molecule has 1 fully saturated rings. The quantitative estimate of drug-likeness (QED) is 0.754. The van der Waals surface area contributed by atoms with Crippen LogP contribution in [0.4, 0.5) is 0 Å². The van der Waals surface area contributed by atoms with Crippen LogP contribution >= 0.6 is 11.8 Å². The van der Waals surface area contributed by atoms with E-state index >= 15 is 0 Å². The molecular formula is C17H25N5O3S. The highest BCUT2D eigenvalue weighted by molar-refractivity contribution is 7.98. The van der Waals surface area contributed by atoms with E-state index in [9.17, 15) is 4.79 Å². The molecule has 2 aromatic rings. The van der Waals surface area contributed by atoms with Crippen molar-refractivity contribution in [1.29, 1.82) is 0 Å². The van der Waals surface area contributed by atoms with Crippen molar-refractivity contribution in [2.24, 2.45) is 0 Å². The van der Waals surface area contributed by atoms with Crippen molar-refractivity contribution in [3.63, 3.8) is 0 Å². The highest BCUT2D eigenvalue weighted by Gasteiger charge is 2.22. The lowest BCUT2D eigenvalue weighted by atomic mass is 10.2. The number of hydrogen-bond acceptors (Lipinski definition) is 8. The minimum atomic E-state index is 0.251. The molecule has 0 saturated carbocycles. The third-order valence-electron chi connectivity index (χ3n) is 4.54. The van der Waals surface area contributed by atoms with Gasteiger partial charge in [0, 0.05) is 38.4 Å². The van der Waals surface area contributed by atoms with Gasteiger partial charge in [0.2, 0.25) is 5.91 Å². The van der Waals surface area contributed by atoms with Crippen LogP contribution in [0.5, 0.6) is 0 Å². The maximum atomic E-state index is 12.2. The smallest absolute Gasteiger partial charge is 0.263 e. The second-order valence-electron chi connectivity index (χ2n) is 6.47. The van der Waals surface area contributed by atoms with Gasteiger partial charge in [0.15, 0.2) is 5.82 Å². The first-order valence-corrected chi connectivity index (χ1v) is 10.2. The van der Waals surface area contributed by atoms with Crippen molar-refractivity contribution in [3.05, 3.63) is 17.3 Å². The number of thioether (sulfide) groups is 1. The second kappa shape index (κ2) is 8.68. The average molecular weight is 379 g/mol. The van der Waals surface area contributed by atoms with Crippen LogP contribution in [-0.2, 0) is 11.3 Å². The standard InChI is InChI=1S/C17H25N5O3S/c1-12-16(13(2)24-19-12)17-18-14(20-25-17)11-21-6-4-7-22(9-8-21)15(23)5-10-26-3/h4-11H2,1-3H3. The summed E-state index contributed by atoms with van der Waals surface area (Å²) in [4.78, 5) is 20.9. The molecule has 3 rings (SSSR count). The zero-order chi connectivity index (χ0) is 18.5. The fraction of sp³-hybridized carbons (Fsp3) is 0.647. The molecule has 0 bridgehead atoms. The minimum Gasteiger partial charge on any atom is -0.361 e. The number of carbonyl (C=O) groups excluding carboxylic acids is 1. The van der Waals surface area contributed by atoms with Crippen LogP contribution < -0.4 is 0 Å². The van der Waals surface area contributed by atoms with E-state index in [0.717, 1.165) is 49.6 Å². The first kappa shape index (κ1) is 18.9. The molecule has 2 aromatic heterocycles. The lowest BCUT2D eigenvalue weighted by Crippen LogP contribution is -2.35. The lowest BCUT2D eigenvalue weighted by Gasteiger charge is -2.21. The van der Waals surface area contributed by atoms with Gasteiger partial charge in [0.25, 0.3) is 5.89 Å². The minimum absolute atomic E-state index is 0.251. The first-order valence-electron chi connectivity index (χ1n) is 8.83. The molecular weight excluding hydrogens is 354 g/mol. The molecule has 0 aromatic carbocycles. The van der Waals surface area contributed by atoms with Gasteiger partial charge >= 0.3 is 0 Å². The largest absolute Gasteiger partial charge is 0.361 e. The summed E-state index contributed by atoms with van der Waals surface area (Å²) in [5.41, 5.74) is 1.51. The van der Waals surface area contributed by atoms with Gasteiger partial charge in [-0.25, -0.2) is 0 Å². The molecule has 0 radical (unpaired) electrons. The Morgan fingerprint density at radius 1 is 1.15 bits per heavy atom. The fourth-order valence-corrected chi connectivity index (χ4v) is 3.51. The van der Waals surface area contributed by atoms with Crippen LogP contribution in [-0.4, -0.2) is 69.2 Å². The zero-order valence-corrected chi connectivity index (χ0v) is 16.3. The molecule has 0 unspecified atom stereocenters. The third-order valence-corrected chi connectivity index (χ3v) is 5.15. The molecule has 0 aliphatic carbocycles. The number of nitrogens with zero attached hydrogens (tertiary/aromatic N) is 5. The van der Waals surface area contributed by atoms with Crippen molar-refractivity contribution >= 4 is 17.7 Å². The van der Waals surface area contributed by atoms with Gasteiger partial charge in [-0.2, -0.15) is 16.7 Å². The van der Waals surface area contributed by atoms with E-state index in [2.05, 4.69) is 20.2 Å². The van der Waals surface area contributed by atoms with Gasteiger partial charge in [-0.15, -0.1) is 0 Å². The lowest BCUT2D eigenvalue weighted by molar-refractivity contribution is -0.130. The Bertz CT molecular complexity index is 725. The second-order valence-corrected chi connectivity index (χ2v) is 7.45. The summed E-state index contributed by atoms with van der Waals surface area (Å²) in [6.07, 6.45) is 3.60. The number of aryl methyl sites for hydroxylation is 2. The Morgan fingerprint density at radius 3 is 2.73 bits per heavy atom. The van der Waals surface area contributed by atoms with E-state index in [0.29, 0.717) is 30.4 Å². The SMILES string of the molecule is CSCCC(=O)N1CCCN(Cc2noc(-c3c(C)noc3C)n2)CC1. The van der Waals surface area contributed by atoms with Gasteiger partial charge < -0.3 is 13.9 Å². The van der Waals surface area contributed by atoms with Crippen LogP contribution in [0.3, 0.4) is 0 Å². The van der Waals surface area contributed by atoms with Gasteiger partial charge in [-0.05, 0) is 26.5 Å². The molecule has 142 valence electrons. The van der Waals surface area contributed by atoms with E-state index in [-0.39, 0.29) is 5.91 Å². The Kier molecular flexibility index (Phi) is 6.31. The van der Waals surface area contributed by atoms with Crippen LogP contribution in [0.15, 0.2) is 9.05 Å². The average Bonchev–Trinajstić information content (AvgIpc) is 3.12. The topological polar surface area (TPSA) is 88.5 Å². The summed E-state index contributed by atoms with van der Waals surface area (Å²) < 4.78 is 10.6. The summed E-state index contributed by atoms with van der Waals surface area (Å²) in [7, 11) is 0. The monoisotopic (exact) mass is 379 g/mol. The predicted molar refractivity (Wildman–Crippen MR) is 98.7 cm³/mol. The zero-order valence-electron chi connectivity index (χ0n) is 15.5. The molecule has 0 atom stereocenters. The van der Waals surface area contributed by atoms with Crippen LogP contribution in [0.25, 0.3) is 11.5 Å². The van der Waals surface area contributed by atoms with Gasteiger partial charge in [-0.3, -0.25) is 9.69 Å². The normalized spacial score (nSPS) is 16.0. The number of aromatic nitrogens is 3. The van der Waals surface area contributed by atoms with Crippen molar-refractivity contribution in [2.75, 3.05) is 38.2 Å². The Hall–Kier alpha value is -1.87. The Labute approximate surface area is 157 Å². The van der Waals surface area contributed by atoms with Crippen LogP contribution in [0.1, 0.15) is 30.1 Å². The fourth-order valence-electron chi connectivity index (χ4n) is 3.13. The van der Waals surface area contributed by atoms with Gasteiger partial charge in [0.1, 0.15) is 11.3 Å². The van der Waals surface area contributed by atoms with Crippen molar-refractivity contribution in [1.82, 2.24) is 25.1 Å². The van der Waals surface area contributed by atoms with E-state index < -0.39 is 0 Å². The first-order chi connectivity index (χ1) is 12.6. The Morgan fingerprint density at radius 2 is 2.00 bits per heavy atom. The number of amides is 1. The number of hydrogen-bond donors (Lipinski definition) is 0. The molecule has 1 amide bonds. The van der Waals surface area contributed by atoms with E-state index in [1.54, 1.807) is 11.8 Å². The van der Waals surface area contributed by atoms with E-state index in [1.165, 1.54) is 0 Å². The van der Waals surface area contributed by atoms with Gasteiger partial charge in [0.05, 0.1) is 12.2 Å². The molecule has 8 nitrogen and oxygen atoms in total. The molecule has 9 heteroatoms. The highest BCUT2D eigenvalue weighted by atomic mass is 32.2. The van der Waals surface area contributed by atoms with Crippen LogP contribution in [0, 0.1) is 13.8 Å². The molecule has 0 spiro atoms. The van der Waals surface area contributed by atoms with Crippen molar-refractivity contribution in [3.8, 4) is 11.5 Å². The van der Waals surface area contributed by atoms with Gasteiger partial charge in [-0.1, -0.05) is 10.3 Å². The van der Waals surface area contributed by atoms with Crippen LogP contribution in [0.2, 0.25) is 0 Å². The molecule has 1 aliphatic heterocycles. The molecule has 0 N–H and O–H groups in total. The Balaban J connectivity index is 1.58. The highest BCUT2D eigenvalue weighted by Crippen LogP contribution is 2.25. The predicted octanol–water partition coefficient (Wildman–Crippen LogP) is 2.13. The number of rotatable bonds is 6. The molecule has 1 aliphatic rings. The van der Waals surface area contributed by atoms with E-state index in [1.807, 2.05) is 25.0 Å². The molecule has 3 heterocycles.